The van der Waals surface area contributed by atoms with Gasteiger partial charge in [-0.15, -0.1) is 0 Å². The topological polar surface area (TPSA) is 66.5 Å². The zero-order valence-electron chi connectivity index (χ0n) is 10.3. The maximum absolute atomic E-state index is 9.93. The summed E-state index contributed by atoms with van der Waals surface area (Å²) in [5.41, 5.74) is 7.13. The normalized spacial score (nSPS) is 14.6. The monoisotopic (exact) mass is 257 g/mol. The number of phenols is 1. The molecule has 0 heterocycles. The van der Waals surface area contributed by atoms with Crippen LogP contribution >= 0.6 is 11.6 Å². The van der Waals surface area contributed by atoms with Crippen molar-refractivity contribution in [2.75, 3.05) is 0 Å². The molecule has 17 heavy (non-hydrogen) atoms. The predicted octanol–water partition coefficient (Wildman–Crippen LogP) is 2.90. The van der Waals surface area contributed by atoms with Gasteiger partial charge in [-0.1, -0.05) is 31.4 Å². The molecule has 2 atom stereocenters. The molecule has 1 aromatic carbocycles. The Kier molecular flexibility index (Phi) is 5.25. The summed E-state index contributed by atoms with van der Waals surface area (Å²) < 4.78 is 0. The summed E-state index contributed by atoms with van der Waals surface area (Å²) in [6, 6.07) is 2.69. The SMILES string of the molecule is CCCC[C@H](O)[C@H](N)c1cc(Cl)cc(C)c1O. The first-order valence-corrected chi connectivity index (χ1v) is 6.27. The summed E-state index contributed by atoms with van der Waals surface area (Å²) in [4.78, 5) is 0. The maximum atomic E-state index is 9.93. The largest absolute Gasteiger partial charge is 0.507 e. The Morgan fingerprint density at radius 3 is 2.65 bits per heavy atom. The highest BCUT2D eigenvalue weighted by molar-refractivity contribution is 6.30. The van der Waals surface area contributed by atoms with E-state index in [1.54, 1.807) is 19.1 Å². The molecule has 96 valence electrons. The van der Waals surface area contributed by atoms with Crippen LogP contribution in [0.5, 0.6) is 5.75 Å². The zero-order chi connectivity index (χ0) is 13.0. The van der Waals surface area contributed by atoms with Gasteiger partial charge in [-0.05, 0) is 31.0 Å². The molecule has 3 nitrogen and oxygen atoms in total. The number of benzene rings is 1. The Morgan fingerprint density at radius 2 is 2.06 bits per heavy atom. The predicted molar refractivity (Wildman–Crippen MR) is 70.3 cm³/mol. The van der Waals surface area contributed by atoms with Crippen molar-refractivity contribution >= 4 is 11.6 Å². The number of halogens is 1. The molecule has 0 saturated heterocycles. The summed E-state index contributed by atoms with van der Waals surface area (Å²) in [5.74, 6) is 0.123. The fourth-order valence-corrected chi connectivity index (χ4v) is 2.10. The van der Waals surface area contributed by atoms with Crippen LogP contribution in [0.3, 0.4) is 0 Å². The minimum Gasteiger partial charge on any atom is -0.507 e. The molecule has 1 aromatic rings. The Morgan fingerprint density at radius 1 is 1.41 bits per heavy atom. The molecule has 4 N–H and O–H groups in total. The molecule has 0 spiro atoms. The van der Waals surface area contributed by atoms with E-state index in [0.717, 1.165) is 12.8 Å². The van der Waals surface area contributed by atoms with Gasteiger partial charge in [0.15, 0.2) is 0 Å². The van der Waals surface area contributed by atoms with E-state index in [9.17, 15) is 10.2 Å². The average molecular weight is 258 g/mol. The fourth-order valence-electron chi connectivity index (χ4n) is 1.82. The van der Waals surface area contributed by atoms with E-state index in [4.69, 9.17) is 17.3 Å². The third kappa shape index (κ3) is 3.60. The van der Waals surface area contributed by atoms with E-state index >= 15 is 0 Å². The number of phenolic OH excluding ortho intramolecular Hbond substituents is 1. The molecule has 0 bridgehead atoms. The molecule has 4 heteroatoms. The summed E-state index contributed by atoms with van der Waals surface area (Å²) in [5, 5.41) is 20.4. The van der Waals surface area contributed by atoms with Gasteiger partial charge in [0.25, 0.3) is 0 Å². The standard InChI is InChI=1S/C13H20ClNO2/c1-3-4-5-11(16)12(15)10-7-9(14)6-8(2)13(10)17/h6-7,11-12,16-17H,3-5,15H2,1-2H3/t11-,12+/m0/s1. The van der Waals surface area contributed by atoms with Crippen LogP contribution < -0.4 is 5.73 Å². The molecule has 0 fully saturated rings. The van der Waals surface area contributed by atoms with Crippen molar-refractivity contribution in [3.05, 3.63) is 28.3 Å². The van der Waals surface area contributed by atoms with Crippen LogP contribution in [0, 0.1) is 6.92 Å². The lowest BCUT2D eigenvalue weighted by atomic mass is 9.96. The third-order valence-electron chi connectivity index (χ3n) is 2.92. The number of rotatable bonds is 5. The van der Waals surface area contributed by atoms with Gasteiger partial charge in [0.05, 0.1) is 12.1 Å². The first-order chi connectivity index (χ1) is 7.97. The van der Waals surface area contributed by atoms with Crippen molar-refractivity contribution in [2.24, 2.45) is 5.73 Å². The second kappa shape index (κ2) is 6.24. The van der Waals surface area contributed by atoms with Crippen LogP contribution in [0.2, 0.25) is 5.02 Å². The summed E-state index contributed by atoms with van der Waals surface area (Å²) in [7, 11) is 0. The van der Waals surface area contributed by atoms with Crippen molar-refractivity contribution in [2.45, 2.75) is 45.3 Å². The number of unbranched alkanes of at least 4 members (excludes halogenated alkanes) is 1. The van der Waals surface area contributed by atoms with E-state index in [1.807, 2.05) is 0 Å². The number of aromatic hydroxyl groups is 1. The van der Waals surface area contributed by atoms with Crippen molar-refractivity contribution in [1.82, 2.24) is 0 Å². The first-order valence-electron chi connectivity index (χ1n) is 5.90. The minimum absolute atomic E-state index is 0.123. The van der Waals surface area contributed by atoms with Crippen LogP contribution in [0.1, 0.15) is 43.4 Å². The zero-order valence-corrected chi connectivity index (χ0v) is 11.0. The van der Waals surface area contributed by atoms with E-state index in [1.165, 1.54) is 0 Å². The van der Waals surface area contributed by atoms with E-state index < -0.39 is 12.1 Å². The van der Waals surface area contributed by atoms with Crippen molar-refractivity contribution in [3.63, 3.8) is 0 Å². The average Bonchev–Trinajstić information content (AvgIpc) is 2.29. The molecule has 0 aliphatic heterocycles. The maximum Gasteiger partial charge on any atom is 0.123 e. The van der Waals surface area contributed by atoms with Crippen LogP contribution in [-0.4, -0.2) is 16.3 Å². The van der Waals surface area contributed by atoms with Gasteiger partial charge in [-0.2, -0.15) is 0 Å². The Balaban J connectivity index is 2.91. The van der Waals surface area contributed by atoms with Crippen molar-refractivity contribution < 1.29 is 10.2 Å². The van der Waals surface area contributed by atoms with E-state index in [-0.39, 0.29) is 5.75 Å². The van der Waals surface area contributed by atoms with Crippen molar-refractivity contribution in [1.29, 1.82) is 0 Å². The summed E-state index contributed by atoms with van der Waals surface area (Å²) in [6.45, 7) is 3.81. The summed E-state index contributed by atoms with van der Waals surface area (Å²) >= 11 is 5.93. The lowest BCUT2D eigenvalue weighted by molar-refractivity contribution is 0.131. The van der Waals surface area contributed by atoms with Gasteiger partial charge in [-0.25, -0.2) is 0 Å². The lowest BCUT2D eigenvalue weighted by Crippen LogP contribution is -2.26. The Hall–Kier alpha value is -0.770. The number of nitrogens with two attached hydrogens (primary N) is 1. The molecule has 0 saturated carbocycles. The smallest absolute Gasteiger partial charge is 0.123 e. The molecular formula is C13H20ClNO2. The van der Waals surface area contributed by atoms with Gasteiger partial charge >= 0.3 is 0 Å². The highest BCUT2D eigenvalue weighted by Gasteiger charge is 2.20. The van der Waals surface area contributed by atoms with E-state index in [2.05, 4.69) is 6.92 Å². The second-order valence-electron chi connectivity index (χ2n) is 4.40. The third-order valence-corrected chi connectivity index (χ3v) is 3.14. The van der Waals surface area contributed by atoms with E-state index in [0.29, 0.717) is 22.6 Å². The lowest BCUT2D eigenvalue weighted by Gasteiger charge is -2.21. The van der Waals surface area contributed by atoms with Crippen molar-refractivity contribution in [3.8, 4) is 5.75 Å². The van der Waals surface area contributed by atoms with Gasteiger partial charge in [-0.3, -0.25) is 0 Å². The molecule has 0 unspecified atom stereocenters. The molecule has 1 rings (SSSR count). The number of hydrogen-bond acceptors (Lipinski definition) is 3. The highest BCUT2D eigenvalue weighted by Crippen LogP contribution is 2.32. The molecule has 0 aliphatic carbocycles. The van der Waals surface area contributed by atoms with Gasteiger partial charge in [0.2, 0.25) is 0 Å². The number of hydrogen-bond donors (Lipinski definition) is 3. The molecular weight excluding hydrogens is 238 g/mol. The highest BCUT2D eigenvalue weighted by atomic mass is 35.5. The van der Waals surface area contributed by atoms with Gasteiger partial charge in [0, 0.05) is 10.6 Å². The second-order valence-corrected chi connectivity index (χ2v) is 4.83. The van der Waals surface area contributed by atoms with Crippen LogP contribution in [-0.2, 0) is 0 Å². The minimum atomic E-state index is -0.654. The summed E-state index contributed by atoms with van der Waals surface area (Å²) in [6.07, 6.45) is 1.89. The van der Waals surface area contributed by atoms with Crippen LogP contribution in [0.4, 0.5) is 0 Å². The molecule has 0 aliphatic rings. The number of aryl methyl sites for hydroxylation is 1. The number of aliphatic hydroxyl groups excluding tert-OH is 1. The first kappa shape index (κ1) is 14.3. The Bertz CT molecular complexity index is 382. The van der Waals surface area contributed by atoms with Gasteiger partial charge < -0.3 is 15.9 Å². The Labute approximate surface area is 107 Å². The quantitative estimate of drug-likeness (QED) is 0.760. The number of aliphatic hydroxyl groups is 1. The van der Waals surface area contributed by atoms with Crippen LogP contribution in [0.25, 0.3) is 0 Å². The van der Waals surface area contributed by atoms with Crippen LogP contribution in [0.15, 0.2) is 12.1 Å². The molecule has 0 aromatic heterocycles. The molecule has 0 radical (unpaired) electrons. The fraction of sp³-hybridized carbons (Fsp3) is 0.538. The van der Waals surface area contributed by atoms with Gasteiger partial charge in [0.1, 0.15) is 5.75 Å². The molecule has 0 amide bonds.